The van der Waals surface area contributed by atoms with Crippen LogP contribution in [0.4, 0.5) is 10.5 Å². The normalized spacial score (nSPS) is 22.1. The predicted molar refractivity (Wildman–Crippen MR) is 85.5 cm³/mol. The van der Waals surface area contributed by atoms with Crippen molar-refractivity contribution >= 4 is 11.7 Å². The summed E-state index contributed by atoms with van der Waals surface area (Å²) < 4.78 is 0. The first-order valence-corrected chi connectivity index (χ1v) is 7.89. The van der Waals surface area contributed by atoms with Crippen molar-refractivity contribution in [1.29, 1.82) is 0 Å². The number of urea groups is 1. The van der Waals surface area contributed by atoms with Crippen LogP contribution in [0.3, 0.4) is 0 Å². The van der Waals surface area contributed by atoms with Gasteiger partial charge in [0.2, 0.25) is 0 Å². The number of carbonyl (C=O) groups excluding carboxylic acids is 1. The zero-order chi connectivity index (χ0) is 15.2. The fourth-order valence-corrected chi connectivity index (χ4v) is 3.06. The largest absolute Gasteiger partial charge is 0.396 e. The maximum atomic E-state index is 12.2. The summed E-state index contributed by atoms with van der Waals surface area (Å²) in [6.45, 7) is 4.37. The van der Waals surface area contributed by atoms with E-state index in [1.54, 1.807) is 0 Å². The highest BCUT2D eigenvalue weighted by atomic mass is 16.3. The standard InChI is InChI=1S/C17H26N2O2/c1-12(2)14-8-4-6-10-16(14)19-17(21)18-15-9-5-3-7-13(15)11-20/h4,6,8,10,12-13,15,20H,3,5,7,9,11H2,1-2H3,(H2,18,19,21). The van der Waals surface area contributed by atoms with Crippen molar-refractivity contribution in [3.63, 3.8) is 0 Å². The Balaban J connectivity index is 1.98. The van der Waals surface area contributed by atoms with Gasteiger partial charge in [0.1, 0.15) is 0 Å². The van der Waals surface area contributed by atoms with Gasteiger partial charge in [-0.25, -0.2) is 4.79 Å². The molecule has 2 rings (SSSR count). The van der Waals surface area contributed by atoms with Crippen molar-refractivity contribution in [3.05, 3.63) is 29.8 Å². The molecule has 4 heteroatoms. The Morgan fingerprint density at radius 1 is 1.29 bits per heavy atom. The predicted octanol–water partition coefficient (Wildman–Crippen LogP) is 3.48. The Morgan fingerprint density at radius 3 is 2.71 bits per heavy atom. The third-order valence-corrected chi connectivity index (χ3v) is 4.29. The highest BCUT2D eigenvalue weighted by molar-refractivity contribution is 5.90. The van der Waals surface area contributed by atoms with Gasteiger partial charge in [-0.15, -0.1) is 0 Å². The van der Waals surface area contributed by atoms with Crippen molar-refractivity contribution in [2.45, 2.75) is 51.5 Å². The van der Waals surface area contributed by atoms with Gasteiger partial charge in [-0.1, -0.05) is 44.9 Å². The molecule has 2 amide bonds. The van der Waals surface area contributed by atoms with E-state index in [4.69, 9.17) is 0 Å². The number of anilines is 1. The van der Waals surface area contributed by atoms with E-state index < -0.39 is 0 Å². The molecule has 1 aromatic rings. The molecule has 1 aliphatic rings. The second-order valence-corrected chi connectivity index (χ2v) is 6.17. The zero-order valence-corrected chi connectivity index (χ0v) is 12.9. The molecule has 0 aromatic heterocycles. The van der Waals surface area contributed by atoms with Gasteiger partial charge in [-0.05, 0) is 30.4 Å². The van der Waals surface area contributed by atoms with Gasteiger partial charge in [0.25, 0.3) is 0 Å². The van der Waals surface area contributed by atoms with Crippen LogP contribution in [0.2, 0.25) is 0 Å². The van der Waals surface area contributed by atoms with Crippen molar-refractivity contribution in [2.24, 2.45) is 5.92 Å². The van der Waals surface area contributed by atoms with Crippen LogP contribution in [0.25, 0.3) is 0 Å². The van der Waals surface area contributed by atoms with Crippen LogP contribution in [0.15, 0.2) is 24.3 Å². The first-order chi connectivity index (χ1) is 10.1. The average Bonchev–Trinajstić information content (AvgIpc) is 2.48. The van der Waals surface area contributed by atoms with Gasteiger partial charge >= 0.3 is 6.03 Å². The van der Waals surface area contributed by atoms with E-state index in [0.717, 1.165) is 36.9 Å². The summed E-state index contributed by atoms with van der Waals surface area (Å²) in [7, 11) is 0. The summed E-state index contributed by atoms with van der Waals surface area (Å²) in [5.41, 5.74) is 2.00. The summed E-state index contributed by atoms with van der Waals surface area (Å²) in [6, 6.07) is 7.79. The number of nitrogens with one attached hydrogen (secondary N) is 2. The molecule has 0 heterocycles. The maximum absolute atomic E-state index is 12.2. The van der Waals surface area contributed by atoms with E-state index in [9.17, 15) is 9.90 Å². The number of aliphatic hydroxyl groups excluding tert-OH is 1. The van der Waals surface area contributed by atoms with Crippen LogP contribution in [0.5, 0.6) is 0 Å². The number of hydrogen-bond acceptors (Lipinski definition) is 2. The third-order valence-electron chi connectivity index (χ3n) is 4.29. The molecular formula is C17H26N2O2. The topological polar surface area (TPSA) is 61.4 Å². The van der Waals surface area contributed by atoms with Crippen LogP contribution in [0, 0.1) is 5.92 Å². The van der Waals surface area contributed by atoms with Crippen LogP contribution >= 0.6 is 0 Å². The maximum Gasteiger partial charge on any atom is 0.319 e. The molecule has 0 aliphatic heterocycles. The van der Waals surface area contributed by atoms with E-state index in [1.165, 1.54) is 0 Å². The quantitative estimate of drug-likeness (QED) is 0.795. The number of para-hydroxylation sites is 1. The Labute approximate surface area is 126 Å². The first-order valence-electron chi connectivity index (χ1n) is 7.89. The number of rotatable bonds is 4. The SMILES string of the molecule is CC(C)c1ccccc1NC(=O)NC1CCCCC1CO. The number of carbonyl (C=O) groups is 1. The summed E-state index contributed by atoms with van der Waals surface area (Å²) >= 11 is 0. The van der Waals surface area contributed by atoms with E-state index in [1.807, 2.05) is 24.3 Å². The molecular weight excluding hydrogens is 264 g/mol. The lowest BCUT2D eigenvalue weighted by Gasteiger charge is -2.31. The minimum Gasteiger partial charge on any atom is -0.396 e. The monoisotopic (exact) mass is 290 g/mol. The molecule has 3 N–H and O–H groups in total. The lowest BCUT2D eigenvalue weighted by Crippen LogP contribution is -2.45. The number of aliphatic hydroxyl groups is 1. The second-order valence-electron chi connectivity index (χ2n) is 6.17. The Morgan fingerprint density at radius 2 is 2.00 bits per heavy atom. The summed E-state index contributed by atoms with van der Waals surface area (Å²) in [5.74, 6) is 0.547. The molecule has 2 unspecified atom stereocenters. The van der Waals surface area contributed by atoms with Crippen molar-refractivity contribution in [1.82, 2.24) is 5.32 Å². The zero-order valence-electron chi connectivity index (χ0n) is 12.9. The minimum absolute atomic E-state index is 0.0787. The summed E-state index contributed by atoms with van der Waals surface area (Å²) in [4.78, 5) is 12.2. The van der Waals surface area contributed by atoms with Crippen molar-refractivity contribution in [2.75, 3.05) is 11.9 Å². The summed E-state index contributed by atoms with van der Waals surface area (Å²) in [6.07, 6.45) is 4.19. The van der Waals surface area contributed by atoms with Gasteiger partial charge in [0.05, 0.1) is 0 Å². The van der Waals surface area contributed by atoms with Gasteiger partial charge in [0, 0.05) is 24.3 Å². The molecule has 0 spiro atoms. The Hall–Kier alpha value is -1.55. The Bertz CT molecular complexity index is 474. The van der Waals surface area contributed by atoms with Crippen molar-refractivity contribution in [3.8, 4) is 0 Å². The highest BCUT2D eigenvalue weighted by Crippen LogP contribution is 2.25. The van der Waals surface area contributed by atoms with E-state index >= 15 is 0 Å². The minimum atomic E-state index is -0.173. The molecule has 1 fully saturated rings. The van der Waals surface area contributed by atoms with Crippen LogP contribution in [-0.4, -0.2) is 23.8 Å². The number of benzene rings is 1. The highest BCUT2D eigenvalue weighted by Gasteiger charge is 2.25. The lowest BCUT2D eigenvalue weighted by molar-refractivity contribution is 0.156. The van der Waals surface area contributed by atoms with E-state index in [0.29, 0.717) is 5.92 Å². The molecule has 0 bridgehead atoms. The first kappa shape index (κ1) is 15.8. The third kappa shape index (κ3) is 4.21. The molecule has 4 nitrogen and oxygen atoms in total. The average molecular weight is 290 g/mol. The summed E-state index contributed by atoms with van der Waals surface area (Å²) in [5, 5.41) is 15.4. The molecule has 1 saturated carbocycles. The van der Waals surface area contributed by atoms with Crippen LogP contribution in [0.1, 0.15) is 51.0 Å². The molecule has 0 saturated heterocycles. The van der Waals surface area contributed by atoms with Crippen molar-refractivity contribution < 1.29 is 9.90 Å². The van der Waals surface area contributed by atoms with Crippen LogP contribution < -0.4 is 10.6 Å². The molecule has 2 atom stereocenters. The fourth-order valence-electron chi connectivity index (χ4n) is 3.06. The molecule has 21 heavy (non-hydrogen) atoms. The van der Waals surface area contributed by atoms with Gasteiger partial charge in [0.15, 0.2) is 0 Å². The van der Waals surface area contributed by atoms with Crippen LogP contribution in [-0.2, 0) is 0 Å². The number of hydrogen-bond donors (Lipinski definition) is 3. The fraction of sp³-hybridized carbons (Fsp3) is 0.588. The van der Waals surface area contributed by atoms with E-state index in [2.05, 4.69) is 24.5 Å². The second kappa shape index (κ2) is 7.46. The van der Waals surface area contributed by atoms with Gasteiger partial charge in [-0.3, -0.25) is 0 Å². The molecule has 0 radical (unpaired) electrons. The molecule has 116 valence electrons. The smallest absolute Gasteiger partial charge is 0.319 e. The van der Waals surface area contributed by atoms with E-state index in [-0.39, 0.29) is 24.6 Å². The van der Waals surface area contributed by atoms with Gasteiger partial charge < -0.3 is 15.7 Å². The number of amides is 2. The molecule has 1 aliphatic carbocycles. The Kier molecular flexibility index (Phi) is 5.62. The molecule has 1 aromatic carbocycles. The van der Waals surface area contributed by atoms with Gasteiger partial charge in [-0.2, -0.15) is 0 Å². The lowest BCUT2D eigenvalue weighted by atomic mass is 9.85.